The Hall–Kier alpha value is -1.31. The number of alkyl halides is 3. The Bertz CT molecular complexity index is 389. The van der Waals surface area contributed by atoms with E-state index in [4.69, 9.17) is 0 Å². The highest BCUT2D eigenvalue weighted by Gasteiger charge is 2.34. The molecule has 2 aliphatic heterocycles. The van der Waals surface area contributed by atoms with Gasteiger partial charge in [0.25, 0.3) is 0 Å². The van der Waals surface area contributed by atoms with Gasteiger partial charge in [-0.15, -0.1) is 0 Å². The lowest BCUT2D eigenvalue weighted by molar-refractivity contribution is -0.138. The third kappa shape index (κ3) is 5.53. The van der Waals surface area contributed by atoms with Gasteiger partial charge in [0, 0.05) is 18.5 Å². The first-order chi connectivity index (χ1) is 9.82. The minimum absolute atomic E-state index is 0.275. The molecule has 21 heavy (non-hydrogen) atoms. The normalized spacial score (nSPS) is 28.2. The molecule has 0 spiro atoms. The maximum Gasteiger partial charge on any atom is 0.405 e. The molecule has 0 aliphatic carbocycles. The summed E-state index contributed by atoms with van der Waals surface area (Å²) >= 11 is 0. The minimum atomic E-state index is -4.44. The molecule has 0 radical (unpaired) electrons. The number of nitrogens with one attached hydrogen (secondary N) is 3. The van der Waals surface area contributed by atoms with Gasteiger partial charge in [-0.2, -0.15) is 13.2 Å². The fourth-order valence-corrected chi connectivity index (χ4v) is 3.12. The van der Waals surface area contributed by atoms with Crippen LogP contribution in [-0.4, -0.2) is 43.2 Å². The predicted molar refractivity (Wildman–Crippen MR) is 69.4 cm³/mol. The molecule has 0 aromatic rings. The molecular weight excluding hydrogens is 287 g/mol. The third-order valence-electron chi connectivity index (χ3n) is 3.98. The Balaban J connectivity index is 1.62. The molecule has 2 aliphatic rings. The highest BCUT2D eigenvalue weighted by atomic mass is 19.4. The van der Waals surface area contributed by atoms with Crippen LogP contribution in [-0.2, 0) is 9.59 Å². The van der Waals surface area contributed by atoms with Crippen LogP contribution in [0.2, 0.25) is 0 Å². The lowest BCUT2D eigenvalue weighted by atomic mass is 9.89. The van der Waals surface area contributed by atoms with Crippen LogP contribution in [0.1, 0.15) is 32.1 Å². The van der Waals surface area contributed by atoms with Crippen molar-refractivity contribution in [2.75, 3.05) is 13.1 Å². The molecular formula is C13H20F3N3O2. The highest BCUT2D eigenvalue weighted by molar-refractivity contribution is 5.84. The Labute approximate surface area is 121 Å². The van der Waals surface area contributed by atoms with E-state index in [9.17, 15) is 22.8 Å². The summed E-state index contributed by atoms with van der Waals surface area (Å²) in [5, 5.41) is 7.57. The van der Waals surface area contributed by atoms with Crippen LogP contribution >= 0.6 is 0 Å². The minimum Gasteiger partial charge on any atom is -0.347 e. The van der Waals surface area contributed by atoms with Crippen molar-refractivity contribution < 1.29 is 22.8 Å². The second-order valence-corrected chi connectivity index (χ2v) is 5.85. The first-order valence-corrected chi connectivity index (χ1v) is 7.18. The summed E-state index contributed by atoms with van der Waals surface area (Å²) in [6.45, 7) is -1.79. The quantitative estimate of drug-likeness (QED) is 0.700. The molecule has 2 heterocycles. The third-order valence-corrected chi connectivity index (χ3v) is 3.98. The van der Waals surface area contributed by atoms with E-state index >= 15 is 0 Å². The smallest absolute Gasteiger partial charge is 0.347 e. The lowest BCUT2D eigenvalue weighted by Gasteiger charge is -2.28. The zero-order valence-corrected chi connectivity index (χ0v) is 11.6. The summed E-state index contributed by atoms with van der Waals surface area (Å²) in [6.07, 6.45) is 0.0783. The summed E-state index contributed by atoms with van der Waals surface area (Å²) in [5.41, 5.74) is 0. The van der Waals surface area contributed by atoms with Gasteiger partial charge in [-0.05, 0) is 31.6 Å². The monoisotopic (exact) mass is 307 g/mol. The van der Waals surface area contributed by atoms with Crippen LogP contribution in [0, 0.1) is 5.92 Å². The average molecular weight is 307 g/mol. The summed E-state index contributed by atoms with van der Waals surface area (Å²) in [4.78, 5) is 22.9. The molecule has 120 valence electrons. The van der Waals surface area contributed by atoms with Gasteiger partial charge in [-0.1, -0.05) is 0 Å². The van der Waals surface area contributed by atoms with E-state index in [0.29, 0.717) is 24.4 Å². The maximum absolute atomic E-state index is 11.9. The molecule has 2 rings (SSSR count). The van der Waals surface area contributed by atoms with Gasteiger partial charge in [0.2, 0.25) is 11.8 Å². The Morgan fingerprint density at radius 2 is 1.67 bits per heavy atom. The molecule has 2 bridgehead atoms. The first kappa shape index (κ1) is 16.1. The first-order valence-electron chi connectivity index (χ1n) is 7.18. The highest BCUT2D eigenvalue weighted by Crippen LogP contribution is 2.32. The fraction of sp³-hybridized carbons (Fsp3) is 0.846. The largest absolute Gasteiger partial charge is 0.405 e. The number of halogens is 3. The standard InChI is InChI=1S/C13H20F3N3O2/c14-13(15,16)7-18-12(21)6-17-11(20)5-8-3-9-1-2-10(4-8)19-9/h8-10,19H,1-7H2,(H,17,20)(H,18,21). The molecule has 2 amide bonds. The van der Waals surface area contributed by atoms with Gasteiger partial charge >= 0.3 is 6.18 Å². The van der Waals surface area contributed by atoms with Crippen molar-refractivity contribution in [2.45, 2.75) is 50.4 Å². The van der Waals surface area contributed by atoms with Crippen molar-refractivity contribution >= 4 is 11.8 Å². The number of hydrogen-bond acceptors (Lipinski definition) is 3. The molecule has 2 saturated heterocycles. The fourth-order valence-electron chi connectivity index (χ4n) is 3.12. The van der Waals surface area contributed by atoms with Crippen LogP contribution in [0.3, 0.4) is 0 Å². The van der Waals surface area contributed by atoms with E-state index in [1.807, 2.05) is 0 Å². The molecule has 2 atom stereocenters. The number of fused-ring (bicyclic) bond motifs is 2. The van der Waals surface area contributed by atoms with Gasteiger partial charge < -0.3 is 16.0 Å². The van der Waals surface area contributed by atoms with E-state index in [0.717, 1.165) is 25.7 Å². The van der Waals surface area contributed by atoms with Crippen LogP contribution in [0.4, 0.5) is 13.2 Å². The van der Waals surface area contributed by atoms with Crippen LogP contribution in [0.15, 0.2) is 0 Å². The SMILES string of the molecule is O=C(CNC(=O)CC1CC2CCC(C1)N2)NCC(F)(F)F. The Morgan fingerprint density at radius 3 is 2.24 bits per heavy atom. The van der Waals surface area contributed by atoms with Crippen LogP contribution in [0.25, 0.3) is 0 Å². The van der Waals surface area contributed by atoms with Crippen molar-refractivity contribution in [3.63, 3.8) is 0 Å². The van der Waals surface area contributed by atoms with Gasteiger partial charge in [0.15, 0.2) is 0 Å². The van der Waals surface area contributed by atoms with E-state index in [1.54, 1.807) is 5.32 Å². The van der Waals surface area contributed by atoms with Gasteiger partial charge in [0.1, 0.15) is 6.54 Å². The number of piperidine rings is 1. The van der Waals surface area contributed by atoms with Crippen LogP contribution in [0.5, 0.6) is 0 Å². The molecule has 0 saturated carbocycles. The number of rotatable bonds is 5. The predicted octanol–water partition coefficient (Wildman–Crippen LogP) is 0.702. The second-order valence-electron chi connectivity index (χ2n) is 5.85. The number of carbonyl (C=O) groups excluding carboxylic acids is 2. The van der Waals surface area contributed by atoms with Crippen molar-refractivity contribution in [2.24, 2.45) is 5.92 Å². The van der Waals surface area contributed by atoms with Crippen molar-refractivity contribution in [3.8, 4) is 0 Å². The Morgan fingerprint density at radius 1 is 1.05 bits per heavy atom. The van der Waals surface area contributed by atoms with Gasteiger partial charge in [-0.25, -0.2) is 0 Å². The van der Waals surface area contributed by atoms with E-state index in [-0.39, 0.29) is 5.91 Å². The molecule has 2 unspecified atom stereocenters. The van der Waals surface area contributed by atoms with E-state index < -0.39 is 25.2 Å². The van der Waals surface area contributed by atoms with E-state index in [2.05, 4.69) is 10.6 Å². The molecule has 0 aromatic heterocycles. The van der Waals surface area contributed by atoms with Crippen molar-refractivity contribution in [1.82, 2.24) is 16.0 Å². The summed E-state index contributed by atoms with van der Waals surface area (Å²) in [7, 11) is 0. The molecule has 0 aromatic carbocycles. The maximum atomic E-state index is 11.9. The van der Waals surface area contributed by atoms with Crippen molar-refractivity contribution in [3.05, 3.63) is 0 Å². The molecule has 5 nitrogen and oxygen atoms in total. The van der Waals surface area contributed by atoms with Gasteiger partial charge in [0.05, 0.1) is 6.54 Å². The Kier molecular flexibility index (Phi) is 5.08. The lowest BCUT2D eigenvalue weighted by Crippen LogP contribution is -2.42. The van der Waals surface area contributed by atoms with E-state index in [1.165, 1.54) is 0 Å². The zero-order chi connectivity index (χ0) is 15.5. The summed E-state index contributed by atoms with van der Waals surface area (Å²) < 4.78 is 35.7. The number of hydrogen-bond donors (Lipinski definition) is 3. The molecule has 3 N–H and O–H groups in total. The topological polar surface area (TPSA) is 70.2 Å². The molecule has 2 fully saturated rings. The summed E-state index contributed by atoms with van der Waals surface area (Å²) in [5.74, 6) is -0.809. The number of carbonyl (C=O) groups is 2. The summed E-state index contributed by atoms with van der Waals surface area (Å²) in [6, 6.07) is 0.966. The average Bonchev–Trinajstić information content (AvgIpc) is 2.72. The number of amides is 2. The van der Waals surface area contributed by atoms with Crippen molar-refractivity contribution in [1.29, 1.82) is 0 Å². The van der Waals surface area contributed by atoms with Crippen LogP contribution < -0.4 is 16.0 Å². The second kappa shape index (κ2) is 6.64. The molecule has 8 heteroatoms. The van der Waals surface area contributed by atoms with Gasteiger partial charge in [-0.3, -0.25) is 9.59 Å². The zero-order valence-electron chi connectivity index (χ0n) is 11.6.